The van der Waals surface area contributed by atoms with Gasteiger partial charge >= 0.3 is 5.97 Å². The molecule has 100 valence electrons. The summed E-state index contributed by atoms with van der Waals surface area (Å²) in [5.74, 6) is 1.77. The monoisotopic (exact) mass is 269 g/mol. The maximum atomic E-state index is 11.6. The van der Waals surface area contributed by atoms with E-state index in [-0.39, 0.29) is 6.61 Å². The zero-order valence-electron chi connectivity index (χ0n) is 10.9. The number of ether oxygens (including phenoxy) is 1. The second-order valence-corrected chi connectivity index (χ2v) is 5.08. The molecule has 0 aromatic carbocycles. The van der Waals surface area contributed by atoms with Crippen LogP contribution in [0.4, 0.5) is 0 Å². The SMILES string of the molecule is C=CCOC(=O)c1nnn(CCCSCC)c1C. The summed E-state index contributed by atoms with van der Waals surface area (Å²) >= 11 is 1.89. The van der Waals surface area contributed by atoms with E-state index in [0.717, 1.165) is 30.2 Å². The summed E-state index contributed by atoms with van der Waals surface area (Å²) in [7, 11) is 0. The Balaban J connectivity index is 2.54. The van der Waals surface area contributed by atoms with E-state index in [2.05, 4.69) is 23.8 Å². The van der Waals surface area contributed by atoms with E-state index in [1.165, 1.54) is 6.08 Å². The van der Waals surface area contributed by atoms with Gasteiger partial charge in [-0.3, -0.25) is 0 Å². The summed E-state index contributed by atoms with van der Waals surface area (Å²) in [6, 6.07) is 0. The normalized spacial score (nSPS) is 10.3. The van der Waals surface area contributed by atoms with Crippen molar-refractivity contribution in [3.8, 4) is 0 Å². The van der Waals surface area contributed by atoms with Crippen LogP contribution in [0.1, 0.15) is 29.5 Å². The lowest BCUT2D eigenvalue weighted by molar-refractivity contribution is 0.0542. The fourth-order valence-electron chi connectivity index (χ4n) is 1.43. The van der Waals surface area contributed by atoms with Crippen molar-refractivity contribution in [2.45, 2.75) is 26.8 Å². The van der Waals surface area contributed by atoms with Crippen LogP contribution in [0.3, 0.4) is 0 Å². The third-order valence-corrected chi connectivity index (χ3v) is 3.36. The van der Waals surface area contributed by atoms with Gasteiger partial charge in [-0.25, -0.2) is 9.48 Å². The molecule has 0 N–H and O–H groups in total. The highest BCUT2D eigenvalue weighted by atomic mass is 32.2. The standard InChI is InChI=1S/C12H19N3O2S/c1-4-8-17-12(16)11-10(3)15(14-13-11)7-6-9-18-5-2/h4H,1,5-9H2,2-3H3. The number of aryl methyl sites for hydroxylation is 1. The third kappa shape index (κ3) is 4.18. The van der Waals surface area contributed by atoms with Crippen molar-refractivity contribution in [1.82, 2.24) is 15.0 Å². The molecule has 1 aromatic heterocycles. The van der Waals surface area contributed by atoms with Gasteiger partial charge in [0.2, 0.25) is 0 Å². The molecule has 1 heterocycles. The highest BCUT2D eigenvalue weighted by Gasteiger charge is 2.17. The molecule has 5 nitrogen and oxygen atoms in total. The van der Waals surface area contributed by atoms with Gasteiger partial charge in [0.25, 0.3) is 0 Å². The first-order valence-corrected chi connectivity index (χ1v) is 7.12. The molecule has 1 rings (SSSR count). The lowest BCUT2D eigenvalue weighted by Crippen LogP contribution is -2.09. The minimum atomic E-state index is -0.443. The van der Waals surface area contributed by atoms with Crippen molar-refractivity contribution in [2.75, 3.05) is 18.1 Å². The molecule has 1 aromatic rings. The van der Waals surface area contributed by atoms with Crippen molar-refractivity contribution < 1.29 is 9.53 Å². The van der Waals surface area contributed by atoms with E-state index >= 15 is 0 Å². The zero-order valence-corrected chi connectivity index (χ0v) is 11.7. The first-order valence-electron chi connectivity index (χ1n) is 5.96. The van der Waals surface area contributed by atoms with Crippen LogP contribution in [0.5, 0.6) is 0 Å². The maximum absolute atomic E-state index is 11.6. The fraction of sp³-hybridized carbons (Fsp3) is 0.583. The van der Waals surface area contributed by atoms with Crippen LogP contribution in [0.25, 0.3) is 0 Å². The molecular formula is C12H19N3O2S. The highest BCUT2D eigenvalue weighted by molar-refractivity contribution is 7.99. The maximum Gasteiger partial charge on any atom is 0.361 e. The highest BCUT2D eigenvalue weighted by Crippen LogP contribution is 2.08. The number of rotatable bonds is 8. The summed E-state index contributed by atoms with van der Waals surface area (Å²) in [6.07, 6.45) is 2.55. The average Bonchev–Trinajstić information content (AvgIpc) is 2.73. The molecule has 0 unspecified atom stereocenters. The van der Waals surface area contributed by atoms with Gasteiger partial charge < -0.3 is 4.74 Å². The van der Waals surface area contributed by atoms with E-state index in [1.807, 2.05) is 18.7 Å². The molecule has 0 aliphatic rings. The van der Waals surface area contributed by atoms with E-state index in [9.17, 15) is 4.79 Å². The summed E-state index contributed by atoms with van der Waals surface area (Å²) in [5, 5.41) is 7.84. The largest absolute Gasteiger partial charge is 0.457 e. The molecule has 0 atom stereocenters. The van der Waals surface area contributed by atoms with Gasteiger partial charge in [0.15, 0.2) is 5.69 Å². The summed E-state index contributed by atoms with van der Waals surface area (Å²) < 4.78 is 6.69. The lowest BCUT2D eigenvalue weighted by Gasteiger charge is -2.03. The van der Waals surface area contributed by atoms with Crippen LogP contribution in [0, 0.1) is 6.92 Å². The van der Waals surface area contributed by atoms with Crippen LogP contribution < -0.4 is 0 Å². The number of aromatic nitrogens is 3. The van der Waals surface area contributed by atoms with Crippen LogP contribution in [0.2, 0.25) is 0 Å². The Kier molecular flexibility index (Phi) is 6.49. The van der Waals surface area contributed by atoms with E-state index in [1.54, 1.807) is 4.68 Å². The Labute approximate surface area is 112 Å². The average molecular weight is 269 g/mol. The molecule has 6 heteroatoms. The Morgan fingerprint density at radius 3 is 3.06 bits per heavy atom. The van der Waals surface area contributed by atoms with Gasteiger partial charge in [0.05, 0.1) is 5.69 Å². The smallest absolute Gasteiger partial charge is 0.361 e. The molecule has 0 aliphatic carbocycles. The minimum Gasteiger partial charge on any atom is -0.457 e. The second-order valence-electron chi connectivity index (χ2n) is 3.68. The van der Waals surface area contributed by atoms with Crippen LogP contribution in [0.15, 0.2) is 12.7 Å². The van der Waals surface area contributed by atoms with Gasteiger partial charge in [-0.15, -0.1) is 5.10 Å². The van der Waals surface area contributed by atoms with Crippen LogP contribution >= 0.6 is 11.8 Å². The van der Waals surface area contributed by atoms with Crippen molar-refractivity contribution in [2.24, 2.45) is 0 Å². The van der Waals surface area contributed by atoms with E-state index in [0.29, 0.717) is 5.69 Å². The van der Waals surface area contributed by atoms with Gasteiger partial charge in [-0.05, 0) is 24.9 Å². The second kappa shape index (κ2) is 7.92. The van der Waals surface area contributed by atoms with E-state index in [4.69, 9.17) is 4.74 Å². The molecule has 0 fully saturated rings. The number of hydrogen-bond donors (Lipinski definition) is 0. The third-order valence-electron chi connectivity index (χ3n) is 2.37. The number of nitrogens with zero attached hydrogens (tertiary/aromatic N) is 3. The van der Waals surface area contributed by atoms with Crippen molar-refractivity contribution in [3.63, 3.8) is 0 Å². The summed E-state index contributed by atoms with van der Waals surface area (Å²) in [6.45, 7) is 8.43. The molecule has 0 spiro atoms. The Morgan fingerprint density at radius 2 is 2.39 bits per heavy atom. The van der Waals surface area contributed by atoms with E-state index < -0.39 is 5.97 Å². The summed E-state index contributed by atoms with van der Waals surface area (Å²) in [5.41, 5.74) is 1.05. The topological polar surface area (TPSA) is 57.0 Å². The summed E-state index contributed by atoms with van der Waals surface area (Å²) in [4.78, 5) is 11.6. The number of carbonyl (C=O) groups excluding carboxylic acids is 1. The van der Waals surface area contributed by atoms with Gasteiger partial charge in [-0.1, -0.05) is 24.8 Å². The van der Waals surface area contributed by atoms with Gasteiger partial charge in [-0.2, -0.15) is 11.8 Å². The quantitative estimate of drug-likeness (QED) is 0.411. The lowest BCUT2D eigenvalue weighted by atomic mass is 10.3. The minimum absolute atomic E-state index is 0.193. The molecule has 0 aliphatic heterocycles. The van der Waals surface area contributed by atoms with Gasteiger partial charge in [0.1, 0.15) is 6.61 Å². The molecule has 0 radical (unpaired) electrons. The number of hydrogen-bond acceptors (Lipinski definition) is 5. The van der Waals surface area contributed by atoms with Crippen molar-refractivity contribution >= 4 is 17.7 Å². The molecular weight excluding hydrogens is 250 g/mol. The molecule has 0 bridgehead atoms. The Morgan fingerprint density at radius 1 is 1.61 bits per heavy atom. The first-order chi connectivity index (χ1) is 8.70. The predicted molar refractivity (Wildman–Crippen MR) is 72.9 cm³/mol. The van der Waals surface area contributed by atoms with Crippen LogP contribution in [-0.4, -0.2) is 39.1 Å². The van der Waals surface area contributed by atoms with Gasteiger partial charge in [0, 0.05) is 6.54 Å². The predicted octanol–water partition coefficient (Wildman–Crippen LogP) is 2.07. The Hall–Kier alpha value is -1.30. The number of carbonyl (C=O) groups is 1. The molecule has 0 saturated heterocycles. The fourth-order valence-corrected chi connectivity index (χ4v) is 2.05. The first kappa shape index (κ1) is 14.8. The number of esters is 1. The molecule has 18 heavy (non-hydrogen) atoms. The number of thioether (sulfide) groups is 1. The molecule has 0 amide bonds. The van der Waals surface area contributed by atoms with Crippen molar-refractivity contribution in [1.29, 1.82) is 0 Å². The Bertz CT molecular complexity index is 404. The van der Waals surface area contributed by atoms with Crippen molar-refractivity contribution in [3.05, 3.63) is 24.0 Å². The van der Waals surface area contributed by atoms with Crippen LogP contribution in [-0.2, 0) is 11.3 Å². The zero-order chi connectivity index (χ0) is 13.4. The molecule has 0 saturated carbocycles.